The van der Waals surface area contributed by atoms with E-state index in [2.05, 4.69) is 5.10 Å². The second kappa shape index (κ2) is 4.13. The molecule has 15 heavy (non-hydrogen) atoms. The Kier molecular flexibility index (Phi) is 2.84. The van der Waals surface area contributed by atoms with Crippen LogP contribution in [0.3, 0.4) is 0 Å². The molecule has 1 heterocycles. The number of nitrogens with two attached hydrogens (primary N) is 1. The molecule has 0 saturated carbocycles. The van der Waals surface area contributed by atoms with E-state index in [1.165, 1.54) is 6.20 Å². The Morgan fingerprint density at radius 2 is 2.13 bits per heavy atom. The number of nitrogens with zero attached hydrogens (tertiary/aromatic N) is 2. The highest BCUT2D eigenvalue weighted by atomic mass is 35.5. The minimum Gasteiger partial charge on any atom is -0.383 e. The van der Waals surface area contributed by atoms with Gasteiger partial charge in [-0.3, -0.25) is 0 Å². The summed E-state index contributed by atoms with van der Waals surface area (Å²) in [5, 5.41) is 5.22. The van der Waals surface area contributed by atoms with Crippen molar-refractivity contribution in [3.8, 4) is 0 Å². The zero-order valence-electron chi connectivity index (χ0n) is 7.82. The monoisotopic (exact) mass is 241 g/mol. The Morgan fingerprint density at radius 1 is 1.33 bits per heavy atom. The Labute approximate surface area is 97.4 Å². The maximum Gasteiger partial charge on any atom is 0.140 e. The van der Waals surface area contributed by atoms with Crippen molar-refractivity contribution in [2.45, 2.75) is 6.54 Å². The molecule has 2 N–H and O–H groups in total. The molecule has 0 aliphatic rings. The van der Waals surface area contributed by atoms with E-state index in [-0.39, 0.29) is 0 Å². The minimum absolute atomic E-state index is 0.469. The van der Waals surface area contributed by atoms with Crippen LogP contribution >= 0.6 is 23.2 Å². The van der Waals surface area contributed by atoms with Crippen LogP contribution in [0.4, 0.5) is 5.82 Å². The van der Waals surface area contributed by atoms with Crippen molar-refractivity contribution in [2.75, 3.05) is 5.73 Å². The van der Waals surface area contributed by atoms with Crippen LogP contribution in [0.25, 0.3) is 0 Å². The van der Waals surface area contributed by atoms with Crippen LogP contribution in [-0.2, 0) is 6.54 Å². The molecule has 3 nitrogen and oxygen atoms in total. The zero-order chi connectivity index (χ0) is 10.8. The van der Waals surface area contributed by atoms with Gasteiger partial charge in [-0.1, -0.05) is 35.3 Å². The van der Waals surface area contributed by atoms with E-state index in [4.69, 9.17) is 28.9 Å². The molecule has 0 aliphatic heterocycles. The number of rotatable bonds is 2. The first-order valence-electron chi connectivity index (χ1n) is 4.38. The Bertz CT molecular complexity index is 479. The topological polar surface area (TPSA) is 43.8 Å². The average Bonchev–Trinajstić information content (AvgIpc) is 2.50. The second-order valence-electron chi connectivity index (χ2n) is 3.17. The molecule has 2 rings (SSSR count). The zero-order valence-corrected chi connectivity index (χ0v) is 9.33. The van der Waals surface area contributed by atoms with Crippen LogP contribution in [0, 0.1) is 0 Å². The largest absolute Gasteiger partial charge is 0.383 e. The van der Waals surface area contributed by atoms with Gasteiger partial charge in [-0.05, 0) is 17.7 Å². The fraction of sp³-hybridized carbons (Fsp3) is 0.100. The maximum absolute atomic E-state index is 5.87. The fourth-order valence-corrected chi connectivity index (χ4v) is 1.66. The smallest absolute Gasteiger partial charge is 0.140 e. The summed E-state index contributed by atoms with van der Waals surface area (Å²) in [5.74, 6) is 0.469. The molecule has 0 spiro atoms. The van der Waals surface area contributed by atoms with Crippen LogP contribution in [0.2, 0.25) is 10.0 Å². The third kappa shape index (κ3) is 2.25. The molecular weight excluding hydrogens is 233 g/mol. The number of halogens is 2. The van der Waals surface area contributed by atoms with E-state index in [1.54, 1.807) is 4.68 Å². The number of nitrogen functional groups attached to an aromatic ring is 1. The molecule has 0 unspecified atom stereocenters. The van der Waals surface area contributed by atoms with Gasteiger partial charge in [0.1, 0.15) is 10.8 Å². The predicted molar refractivity (Wildman–Crippen MR) is 62.2 cm³/mol. The molecular formula is C10H9Cl2N3. The molecule has 0 fully saturated rings. The Balaban J connectivity index is 2.26. The molecule has 0 amide bonds. The summed E-state index contributed by atoms with van der Waals surface area (Å²) >= 11 is 11.7. The number of anilines is 1. The van der Waals surface area contributed by atoms with Crippen molar-refractivity contribution in [2.24, 2.45) is 0 Å². The average molecular weight is 242 g/mol. The molecule has 1 aromatic heterocycles. The Morgan fingerprint density at radius 3 is 2.73 bits per heavy atom. The summed E-state index contributed by atoms with van der Waals surface area (Å²) in [5.41, 5.74) is 6.76. The van der Waals surface area contributed by atoms with Crippen LogP contribution in [0.15, 0.2) is 30.5 Å². The highest BCUT2D eigenvalue weighted by molar-refractivity contribution is 6.32. The summed E-state index contributed by atoms with van der Waals surface area (Å²) < 4.78 is 1.63. The number of hydrogen-bond donors (Lipinski definition) is 1. The fourth-order valence-electron chi connectivity index (χ4n) is 1.31. The molecule has 5 heteroatoms. The van der Waals surface area contributed by atoms with Crippen molar-refractivity contribution in [1.82, 2.24) is 9.78 Å². The first-order valence-corrected chi connectivity index (χ1v) is 5.13. The molecule has 1 aromatic carbocycles. The van der Waals surface area contributed by atoms with Gasteiger partial charge in [0.05, 0.1) is 12.7 Å². The van der Waals surface area contributed by atoms with Gasteiger partial charge in [0.25, 0.3) is 0 Å². The van der Waals surface area contributed by atoms with Crippen LogP contribution in [-0.4, -0.2) is 9.78 Å². The van der Waals surface area contributed by atoms with Crippen molar-refractivity contribution in [1.29, 1.82) is 0 Å². The van der Waals surface area contributed by atoms with Crippen molar-refractivity contribution in [3.05, 3.63) is 46.1 Å². The Hall–Kier alpha value is -1.19. The van der Waals surface area contributed by atoms with Crippen molar-refractivity contribution < 1.29 is 0 Å². The first kappa shape index (κ1) is 10.3. The summed E-state index contributed by atoms with van der Waals surface area (Å²) in [7, 11) is 0. The summed E-state index contributed by atoms with van der Waals surface area (Å²) in [6.45, 7) is 0.569. The quantitative estimate of drug-likeness (QED) is 0.879. The lowest BCUT2D eigenvalue weighted by Gasteiger charge is -2.04. The highest BCUT2D eigenvalue weighted by Crippen LogP contribution is 2.19. The molecule has 0 aliphatic carbocycles. The van der Waals surface area contributed by atoms with Gasteiger partial charge >= 0.3 is 0 Å². The van der Waals surface area contributed by atoms with E-state index >= 15 is 0 Å². The molecule has 0 saturated heterocycles. The first-order chi connectivity index (χ1) is 7.16. The van der Waals surface area contributed by atoms with Gasteiger partial charge in [-0.15, -0.1) is 0 Å². The van der Waals surface area contributed by atoms with E-state index in [0.717, 1.165) is 5.56 Å². The van der Waals surface area contributed by atoms with Gasteiger partial charge < -0.3 is 5.73 Å². The lowest BCUT2D eigenvalue weighted by Crippen LogP contribution is -2.05. The van der Waals surface area contributed by atoms with E-state index in [0.29, 0.717) is 22.4 Å². The number of benzene rings is 1. The van der Waals surface area contributed by atoms with Crippen molar-refractivity contribution in [3.63, 3.8) is 0 Å². The molecule has 0 radical (unpaired) electrons. The summed E-state index contributed by atoms with van der Waals surface area (Å²) in [4.78, 5) is 0. The van der Waals surface area contributed by atoms with Gasteiger partial charge in [0.2, 0.25) is 0 Å². The van der Waals surface area contributed by atoms with Crippen LogP contribution in [0.1, 0.15) is 5.56 Å². The van der Waals surface area contributed by atoms with Crippen LogP contribution in [0.5, 0.6) is 0 Å². The van der Waals surface area contributed by atoms with E-state index < -0.39 is 0 Å². The second-order valence-corrected chi connectivity index (χ2v) is 4.01. The molecule has 0 atom stereocenters. The van der Waals surface area contributed by atoms with Gasteiger partial charge in [0, 0.05) is 5.02 Å². The molecule has 2 aromatic rings. The minimum atomic E-state index is 0.469. The van der Waals surface area contributed by atoms with E-state index in [9.17, 15) is 0 Å². The normalized spacial score (nSPS) is 10.5. The predicted octanol–water partition coefficient (Wildman–Crippen LogP) is 2.82. The lowest BCUT2D eigenvalue weighted by atomic mass is 10.2. The SMILES string of the molecule is Nc1c(Cl)cnn1Cc1cccc(Cl)c1. The lowest BCUT2D eigenvalue weighted by molar-refractivity contribution is 0.697. The van der Waals surface area contributed by atoms with Gasteiger partial charge in [0.15, 0.2) is 0 Å². The maximum atomic E-state index is 5.87. The standard InChI is InChI=1S/C10H9Cl2N3/c11-8-3-1-2-7(4-8)6-15-10(13)9(12)5-14-15/h1-5H,6,13H2. The summed E-state index contributed by atoms with van der Waals surface area (Å²) in [6, 6.07) is 7.54. The van der Waals surface area contributed by atoms with Gasteiger partial charge in [-0.25, -0.2) is 4.68 Å². The van der Waals surface area contributed by atoms with Crippen LogP contribution < -0.4 is 5.73 Å². The molecule has 78 valence electrons. The van der Waals surface area contributed by atoms with Crippen molar-refractivity contribution >= 4 is 29.0 Å². The number of hydrogen-bond acceptors (Lipinski definition) is 2. The third-order valence-corrected chi connectivity index (χ3v) is 2.58. The van der Waals surface area contributed by atoms with E-state index in [1.807, 2.05) is 24.3 Å². The molecule has 0 bridgehead atoms. The summed E-state index contributed by atoms with van der Waals surface area (Å²) in [6.07, 6.45) is 1.53. The number of aromatic nitrogens is 2. The third-order valence-electron chi connectivity index (χ3n) is 2.05. The van der Waals surface area contributed by atoms with Gasteiger partial charge in [-0.2, -0.15) is 5.10 Å². The highest BCUT2D eigenvalue weighted by Gasteiger charge is 2.05.